The van der Waals surface area contributed by atoms with Gasteiger partial charge in [0.1, 0.15) is 0 Å². The van der Waals surface area contributed by atoms with E-state index in [1.54, 1.807) is 0 Å². The number of nitrogens with one attached hydrogen (secondary N) is 4. The number of hydrogen-bond donors (Lipinski definition) is 4. The topological polar surface area (TPSA) is 75.5 Å². The van der Waals surface area contributed by atoms with Crippen molar-refractivity contribution in [1.82, 2.24) is 19.9 Å². The van der Waals surface area contributed by atoms with Gasteiger partial charge in [0.25, 0.3) is 0 Å². The molecular weight excluding hydrogens is 426 g/mol. The van der Waals surface area contributed by atoms with Crippen molar-refractivity contribution < 1.29 is 0 Å². The molecule has 1 aliphatic heterocycles. The van der Waals surface area contributed by atoms with Gasteiger partial charge in [0, 0.05) is 49.7 Å². The smallest absolute Gasteiger partial charge is 0.0745 e. The summed E-state index contributed by atoms with van der Waals surface area (Å²) in [5.41, 5.74) is 7.01. The van der Waals surface area contributed by atoms with Gasteiger partial charge in [-0.1, -0.05) is 12.1 Å². The fourth-order valence-corrected chi connectivity index (χ4v) is 4.28. The molecule has 0 aliphatic carbocycles. The van der Waals surface area contributed by atoms with Crippen LogP contribution in [0.2, 0.25) is 0 Å². The molecule has 5 nitrogen and oxygen atoms in total. The van der Waals surface area contributed by atoms with Crippen LogP contribution in [0.15, 0.2) is 71.7 Å². The summed E-state index contributed by atoms with van der Waals surface area (Å²) in [5, 5.41) is 6.55. The van der Waals surface area contributed by atoms with Crippen molar-refractivity contribution in [2.75, 3.05) is 0 Å². The molecule has 0 unspecified atom stereocenters. The summed E-state index contributed by atoms with van der Waals surface area (Å²) in [6.07, 6.45) is 8.43. The zero-order valence-corrected chi connectivity index (χ0v) is 18.3. The van der Waals surface area contributed by atoms with E-state index in [-0.39, 0.29) is 0 Å². The number of nitrogens with zero attached hydrogens (tertiary/aromatic N) is 1. The summed E-state index contributed by atoms with van der Waals surface area (Å²) in [6.45, 7) is 0. The van der Waals surface area contributed by atoms with Crippen molar-refractivity contribution in [1.29, 1.82) is 0 Å². The molecule has 0 fully saturated rings. The van der Waals surface area contributed by atoms with E-state index < -0.39 is 0 Å². The SMILES string of the molecule is S=C=Nc1cccc(-c2cc3[nH]c2C=c2ccc([nH]2)=Cc2ccc([nH]2)C=c2ccc([nH]2)=C3)c1. The summed E-state index contributed by atoms with van der Waals surface area (Å²) in [6, 6.07) is 22.6. The lowest BCUT2D eigenvalue weighted by Gasteiger charge is -2.01. The van der Waals surface area contributed by atoms with Gasteiger partial charge in [-0.2, -0.15) is 4.99 Å². The Hall–Kier alpha value is -4.38. The quantitative estimate of drug-likeness (QED) is 0.240. The number of aromatic amines is 4. The average Bonchev–Trinajstić information content (AvgIpc) is 3.59. The van der Waals surface area contributed by atoms with Crippen LogP contribution in [0, 0.1) is 0 Å². The van der Waals surface area contributed by atoms with Gasteiger partial charge < -0.3 is 19.9 Å². The van der Waals surface area contributed by atoms with Crippen molar-refractivity contribution in [3.63, 3.8) is 0 Å². The fourth-order valence-electron chi connectivity index (χ4n) is 4.17. The first kappa shape index (κ1) is 19.3. The van der Waals surface area contributed by atoms with Gasteiger partial charge in [-0.15, -0.1) is 0 Å². The number of aromatic nitrogens is 4. The van der Waals surface area contributed by atoms with Gasteiger partial charge >= 0.3 is 0 Å². The monoisotopic (exact) mass is 445 g/mol. The van der Waals surface area contributed by atoms with Gasteiger partial charge in [0.05, 0.1) is 10.8 Å². The van der Waals surface area contributed by atoms with Crippen molar-refractivity contribution in [2.24, 2.45) is 4.99 Å². The molecular formula is C27H19N5S. The highest BCUT2D eigenvalue weighted by Crippen LogP contribution is 2.28. The van der Waals surface area contributed by atoms with Crippen LogP contribution < -0.4 is 21.4 Å². The Balaban J connectivity index is 1.61. The van der Waals surface area contributed by atoms with Crippen LogP contribution in [0.1, 0.15) is 22.8 Å². The third kappa shape index (κ3) is 3.96. The van der Waals surface area contributed by atoms with E-state index in [1.807, 2.05) is 18.2 Å². The van der Waals surface area contributed by atoms with E-state index in [4.69, 9.17) is 12.2 Å². The van der Waals surface area contributed by atoms with Crippen molar-refractivity contribution >= 4 is 47.4 Å². The van der Waals surface area contributed by atoms with Crippen LogP contribution in [0.3, 0.4) is 0 Å². The Morgan fingerprint density at radius 3 is 1.91 bits per heavy atom. The molecule has 4 N–H and O–H groups in total. The van der Waals surface area contributed by atoms with Crippen LogP contribution in [0.5, 0.6) is 0 Å². The average molecular weight is 446 g/mol. The highest BCUT2D eigenvalue weighted by atomic mass is 32.1. The molecule has 0 radical (unpaired) electrons. The predicted octanol–water partition coefficient (Wildman–Crippen LogP) is 3.03. The van der Waals surface area contributed by atoms with Crippen molar-refractivity contribution in [3.8, 4) is 11.1 Å². The van der Waals surface area contributed by atoms with E-state index in [0.29, 0.717) is 0 Å². The number of hydrogen-bond acceptors (Lipinski definition) is 2. The molecule has 5 aromatic rings. The molecule has 4 aromatic heterocycles. The lowest BCUT2D eigenvalue weighted by molar-refractivity contribution is 1.23. The number of thiocarbonyl (C=S) groups is 1. The Kier molecular flexibility index (Phi) is 4.65. The number of fused-ring (bicyclic) bond motifs is 8. The Labute approximate surface area is 194 Å². The van der Waals surface area contributed by atoms with Crippen molar-refractivity contribution in [3.05, 3.63) is 111 Å². The van der Waals surface area contributed by atoms with E-state index >= 15 is 0 Å². The highest BCUT2D eigenvalue weighted by molar-refractivity contribution is 7.78. The Bertz CT molecular complexity index is 1780. The maximum atomic E-state index is 4.78. The zero-order valence-electron chi connectivity index (χ0n) is 17.5. The first-order valence-corrected chi connectivity index (χ1v) is 11.0. The third-order valence-electron chi connectivity index (χ3n) is 5.63. The second-order valence-electron chi connectivity index (χ2n) is 7.99. The van der Waals surface area contributed by atoms with Gasteiger partial charge in [-0.25, -0.2) is 0 Å². The predicted molar refractivity (Wildman–Crippen MR) is 136 cm³/mol. The molecule has 33 heavy (non-hydrogen) atoms. The number of benzene rings is 1. The standard InChI is InChI=1S/C27H19N5S/c33-16-28-18-3-1-2-17(10-18)26-14-25-13-23-7-6-21(30-23)11-19-4-5-20(29-19)12-22-8-9-24(31-22)15-27(26)32-25/h1-15,29-32H. The normalized spacial score (nSPS) is 12.0. The zero-order chi connectivity index (χ0) is 22.2. The van der Waals surface area contributed by atoms with Gasteiger partial charge in [0.15, 0.2) is 0 Å². The van der Waals surface area contributed by atoms with E-state index in [9.17, 15) is 0 Å². The number of aliphatic imine (C=N–C) groups is 1. The lowest BCUT2D eigenvalue weighted by Crippen LogP contribution is -2.10. The fraction of sp³-hybridized carbons (Fsp3) is 0. The van der Waals surface area contributed by atoms with Crippen LogP contribution in [-0.2, 0) is 0 Å². The number of isothiocyanates is 1. The molecule has 0 saturated heterocycles. The van der Waals surface area contributed by atoms with Crippen LogP contribution in [0.25, 0.3) is 35.4 Å². The summed E-state index contributed by atoms with van der Waals surface area (Å²) >= 11 is 4.78. The maximum absolute atomic E-state index is 4.78. The molecule has 0 amide bonds. The number of H-pyrrole nitrogens is 4. The molecule has 1 aliphatic rings. The van der Waals surface area contributed by atoms with Crippen LogP contribution in [-0.4, -0.2) is 25.1 Å². The molecule has 158 valence electrons. The van der Waals surface area contributed by atoms with Crippen molar-refractivity contribution in [2.45, 2.75) is 0 Å². The highest BCUT2D eigenvalue weighted by Gasteiger charge is 2.09. The van der Waals surface area contributed by atoms with E-state index in [0.717, 1.165) is 61.0 Å². The van der Waals surface area contributed by atoms with Gasteiger partial charge in [0.2, 0.25) is 0 Å². The Morgan fingerprint density at radius 1 is 0.606 bits per heavy atom. The third-order valence-corrected chi connectivity index (χ3v) is 5.72. The molecule has 0 saturated carbocycles. The summed E-state index contributed by atoms with van der Waals surface area (Å²) in [7, 11) is 0. The maximum Gasteiger partial charge on any atom is 0.0745 e. The summed E-state index contributed by atoms with van der Waals surface area (Å²) in [4.78, 5) is 18.1. The molecule has 0 spiro atoms. The second-order valence-corrected chi connectivity index (χ2v) is 8.17. The first-order valence-electron chi connectivity index (χ1n) is 10.6. The lowest BCUT2D eigenvalue weighted by atomic mass is 10.0. The molecule has 0 atom stereocenters. The minimum atomic E-state index is 0.782. The minimum absolute atomic E-state index is 0.782. The van der Waals surface area contributed by atoms with E-state index in [2.05, 4.69) is 103 Å². The second kappa shape index (κ2) is 7.95. The summed E-state index contributed by atoms with van der Waals surface area (Å²) < 4.78 is 0. The largest absolute Gasteiger partial charge is 0.355 e. The molecule has 8 bridgehead atoms. The van der Waals surface area contributed by atoms with Gasteiger partial charge in [-0.3, -0.25) is 0 Å². The van der Waals surface area contributed by atoms with E-state index in [1.165, 1.54) is 0 Å². The molecule has 5 heterocycles. The van der Waals surface area contributed by atoms with Crippen LogP contribution >= 0.6 is 12.2 Å². The van der Waals surface area contributed by atoms with Gasteiger partial charge in [-0.05, 0) is 96.7 Å². The van der Waals surface area contributed by atoms with Crippen LogP contribution in [0.4, 0.5) is 5.69 Å². The minimum Gasteiger partial charge on any atom is -0.355 e. The Morgan fingerprint density at radius 2 is 1.24 bits per heavy atom. The number of rotatable bonds is 2. The molecule has 6 heteroatoms. The molecule has 1 aromatic carbocycles. The summed E-state index contributed by atoms with van der Waals surface area (Å²) in [5.74, 6) is 0. The molecule has 6 rings (SSSR count). The first-order chi connectivity index (χ1) is 16.2.